The van der Waals surface area contributed by atoms with Crippen molar-refractivity contribution in [3.8, 4) is 17.5 Å². The molecule has 1 unspecified atom stereocenters. The summed E-state index contributed by atoms with van der Waals surface area (Å²) in [4.78, 5) is 12.4. The van der Waals surface area contributed by atoms with Gasteiger partial charge in [0, 0.05) is 11.8 Å². The monoisotopic (exact) mass is 332 g/mol. The minimum Gasteiger partial charge on any atom is -0.481 e. The van der Waals surface area contributed by atoms with E-state index in [4.69, 9.17) is 14.0 Å². The highest BCUT2D eigenvalue weighted by Gasteiger charge is 2.08. The van der Waals surface area contributed by atoms with Crippen LogP contribution in [0.2, 0.25) is 0 Å². The van der Waals surface area contributed by atoms with Crippen LogP contribution in [0, 0.1) is 0 Å². The number of ether oxygens (including phenoxy) is 2. The Balaban J connectivity index is 1.87. The van der Waals surface area contributed by atoms with Crippen molar-refractivity contribution in [1.29, 1.82) is 0 Å². The third kappa shape index (κ3) is 3.52. The molecule has 3 rings (SSSR count). The van der Waals surface area contributed by atoms with Gasteiger partial charge in [-0.2, -0.15) is 4.98 Å². The van der Waals surface area contributed by atoms with Crippen LogP contribution in [-0.4, -0.2) is 30.8 Å². The van der Waals surface area contributed by atoms with E-state index in [1.807, 2.05) is 0 Å². The molecule has 0 spiro atoms. The number of anilines is 1. The molecule has 118 valence electrons. The first-order valence-corrected chi connectivity index (χ1v) is 7.57. The Kier molecular flexibility index (Phi) is 4.31. The molecule has 1 atom stereocenters. The van der Waals surface area contributed by atoms with Crippen molar-refractivity contribution in [2.24, 2.45) is 0 Å². The standard InChI is InChI=1S/C14H12N4O4S/c1-21-12-7-6-11-13(17-12)15-8-16-14(11)22-10-4-2-9(3-5-10)18-23(19)20/h2-8,18H,1H3,(H,19,20). The van der Waals surface area contributed by atoms with Crippen molar-refractivity contribution in [3.63, 3.8) is 0 Å². The second-order valence-corrected chi connectivity index (χ2v) is 5.08. The maximum absolute atomic E-state index is 10.7. The van der Waals surface area contributed by atoms with Gasteiger partial charge in [-0.15, -0.1) is 0 Å². The molecular formula is C14H12N4O4S. The predicted molar refractivity (Wildman–Crippen MR) is 84.8 cm³/mol. The summed E-state index contributed by atoms with van der Waals surface area (Å²) in [6.45, 7) is 0. The number of benzene rings is 1. The van der Waals surface area contributed by atoms with Gasteiger partial charge in [-0.1, -0.05) is 0 Å². The summed E-state index contributed by atoms with van der Waals surface area (Å²) in [6, 6.07) is 10.0. The molecule has 0 aliphatic heterocycles. The van der Waals surface area contributed by atoms with Crippen molar-refractivity contribution in [2.45, 2.75) is 0 Å². The Bertz CT molecular complexity index is 857. The lowest BCUT2D eigenvalue weighted by molar-refractivity contribution is 0.399. The van der Waals surface area contributed by atoms with Crippen molar-refractivity contribution in [1.82, 2.24) is 15.0 Å². The Labute approximate surface area is 133 Å². The van der Waals surface area contributed by atoms with Gasteiger partial charge in [0.2, 0.25) is 11.8 Å². The van der Waals surface area contributed by atoms with Gasteiger partial charge in [0.1, 0.15) is 12.1 Å². The molecule has 9 heteroatoms. The van der Waals surface area contributed by atoms with Gasteiger partial charge in [-0.25, -0.2) is 14.2 Å². The number of aromatic nitrogens is 3. The van der Waals surface area contributed by atoms with Crippen LogP contribution in [0.25, 0.3) is 11.0 Å². The number of fused-ring (bicyclic) bond motifs is 1. The average molecular weight is 332 g/mol. The van der Waals surface area contributed by atoms with Crippen molar-refractivity contribution in [2.75, 3.05) is 11.8 Å². The van der Waals surface area contributed by atoms with Crippen molar-refractivity contribution in [3.05, 3.63) is 42.7 Å². The largest absolute Gasteiger partial charge is 0.481 e. The number of hydrogen-bond donors (Lipinski definition) is 2. The molecule has 2 N–H and O–H groups in total. The fourth-order valence-electron chi connectivity index (χ4n) is 1.90. The van der Waals surface area contributed by atoms with Crippen LogP contribution in [0.15, 0.2) is 42.7 Å². The SMILES string of the molecule is COc1ccc2c(Oc3ccc(NS(=O)O)cc3)ncnc2n1. The third-order valence-electron chi connectivity index (χ3n) is 2.92. The summed E-state index contributed by atoms with van der Waals surface area (Å²) in [7, 11) is 1.53. The van der Waals surface area contributed by atoms with E-state index in [9.17, 15) is 4.21 Å². The van der Waals surface area contributed by atoms with E-state index in [0.29, 0.717) is 34.2 Å². The molecule has 23 heavy (non-hydrogen) atoms. The third-order valence-corrected chi connectivity index (χ3v) is 3.33. The van der Waals surface area contributed by atoms with Crippen LogP contribution in [0.5, 0.6) is 17.5 Å². The number of nitrogens with zero attached hydrogens (tertiary/aromatic N) is 3. The second-order valence-electron chi connectivity index (χ2n) is 4.38. The first-order chi connectivity index (χ1) is 11.2. The predicted octanol–water partition coefficient (Wildman–Crippen LogP) is 2.37. The lowest BCUT2D eigenvalue weighted by Gasteiger charge is -2.08. The van der Waals surface area contributed by atoms with Crippen LogP contribution in [-0.2, 0) is 11.3 Å². The van der Waals surface area contributed by atoms with E-state index < -0.39 is 11.3 Å². The van der Waals surface area contributed by atoms with Crippen LogP contribution in [0.4, 0.5) is 5.69 Å². The number of hydrogen-bond acceptors (Lipinski definition) is 6. The highest BCUT2D eigenvalue weighted by Crippen LogP contribution is 2.27. The molecule has 0 radical (unpaired) electrons. The van der Waals surface area contributed by atoms with Crippen LogP contribution < -0.4 is 14.2 Å². The van der Waals surface area contributed by atoms with E-state index in [1.54, 1.807) is 36.4 Å². The first-order valence-electron chi connectivity index (χ1n) is 6.47. The molecular weight excluding hydrogens is 320 g/mol. The molecule has 0 saturated heterocycles. The normalized spacial score (nSPS) is 11.9. The summed E-state index contributed by atoms with van der Waals surface area (Å²) in [5, 5.41) is 0.645. The fraction of sp³-hybridized carbons (Fsp3) is 0.0714. The van der Waals surface area contributed by atoms with Gasteiger partial charge < -0.3 is 9.47 Å². The van der Waals surface area contributed by atoms with Crippen LogP contribution in [0.3, 0.4) is 0 Å². The Morgan fingerprint density at radius 2 is 1.91 bits per heavy atom. The maximum atomic E-state index is 10.7. The van der Waals surface area contributed by atoms with Gasteiger partial charge in [0.05, 0.1) is 12.5 Å². The number of methoxy groups -OCH3 is 1. The van der Waals surface area contributed by atoms with E-state index in [1.165, 1.54) is 13.4 Å². The minimum atomic E-state index is -2.11. The number of nitrogens with one attached hydrogen (secondary N) is 1. The molecule has 0 bridgehead atoms. The lowest BCUT2D eigenvalue weighted by Crippen LogP contribution is -2.01. The highest BCUT2D eigenvalue weighted by atomic mass is 32.2. The Hall–Kier alpha value is -2.78. The molecule has 0 saturated carbocycles. The fourth-order valence-corrected chi connectivity index (χ4v) is 2.24. The van der Waals surface area contributed by atoms with E-state index in [2.05, 4.69) is 19.7 Å². The molecule has 0 aliphatic rings. The zero-order valence-corrected chi connectivity index (χ0v) is 12.8. The summed E-state index contributed by atoms with van der Waals surface area (Å²) in [6.07, 6.45) is 1.36. The zero-order chi connectivity index (χ0) is 16.2. The van der Waals surface area contributed by atoms with Gasteiger partial charge in [0.25, 0.3) is 11.3 Å². The van der Waals surface area contributed by atoms with Gasteiger partial charge in [-0.3, -0.25) is 9.27 Å². The van der Waals surface area contributed by atoms with Crippen LogP contribution in [0.1, 0.15) is 0 Å². The highest BCUT2D eigenvalue weighted by molar-refractivity contribution is 7.80. The van der Waals surface area contributed by atoms with Crippen LogP contribution >= 0.6 is 0 Å². The quantitative estimate of drug-likeness (QED) is 0.691. The van der Waals surface area contributed by atoms with E-state index in [-0.39, 0.29) is 0 Å². The zero-order valence-electron chi connectivity index (χ0n) is 12.0. The molecule has 0 fully saturated rings. The molecule has 1 aromatic carbocycles. The smallest absolute Gasteiger partial charge is 0.259 e. The van der Waals surface area contributed by atoms with Crippen molar-refractivity contribution < 1.29 is 18.2 Å². The van der Waals surface area contributed by atoms with Crippen molar-refractivity contribution >= 4 is 28.0 Å². The summed E-state index contributed by atoms with van der Waals surface area (Å²) < 4.78 is 32.6. The Morgan fingerprint density at radius 3 is 2.61 bits per heavy atom. The summed E-state index contributed by atoms with van der Waals surface area (Å²) in [5.74, 6) is 1.33. The summed E-state index contributed by atoms with van der Waals surface area (Å²) in [5.41, 5.74) is 0.959. The molecule has 3 aromatic rings. The van der Waals surface area contributed by atoms with Gasteiger partial charge in [-0.05, 0) is 30.3 Å². The second kappa shape index (κ2) is 6.55. The van der Waals surface area contributed by atoms with Gasteiger partial charge in [0.15, 0.2) is 5.65 Å². The first kappa shape index (κ1) is 15.1. The Morgan fingerprint density at radius 1 is 1.13 bits per heavy atom. The lowest BCUT2D eigenvalue weighted by atomic mass is 10.3. The maximum Gasteiger partial charge on any atom is 0.259 e. The average Bonchev–Trinajstić information content (AvgIpc) is 2.56. The topological polar surface area (TPSA) is 106 Å². The molecule has 2 aromatic heterocycles. The molecule has 2 heterocycles. The van der Waals surface area contributed by atoms with Gasteiger partial charge >= 0.3 is 0 Å². The minimum absolute atomic E-state index is 0.358. The molecule has 0 amide bonds. The van der Waals surface area contributed by atoms with E-state index >= 15 is 0 Å². The molecule has 0 aliphatic carbocycles. The molecule has 8 nitrogen and oxygen atoms in total. The number of pyridine rings is 1. The summed E-state index contributed by atoms with van der Waals surface area (Å²) >= 11 is -2.11. The number of rotatable bonds is 5. The van der Waals surface area contributed by atoms with E-state index in [0.717, 1.165) is 0 Å².